The van der Waals surface area contributed by atoms with Crippen LogP contribution in [0.25, 0.3) is 0 Å². The molecule has 0 bridgehead atoms. The average Bonchev–Trinajstić information content (AvgIpc) is 2.39. The molecule has 0 amide bonds. The zero-order valence-corrected chi connectivity index (χ0v) is 12.8. The van der Waals surface area contributed by atoms with Crippen molar-refractivity contribution in [3.05, 3.63) is 35.9 Å². The Bertz CT molecular complexity index is 406. The Morgan fingerprint density at radius 1 is 1.17 bits per heavy atom. The molecule has 0 saturated carbocycles. The predicted molar refractivity (Wildman–Crippen MR) is 83.6 cm³/mol. The summed E-state index contributed by atoms with van der Waals surface area (Å²) in [5, 5.41) is 0. The van der Waals surface area contributed by atoms with Crippen molar-refractivity contribution in [2.24, 2.45) is 0 Å². The molecule has 1 fully saturated rings. The van der Waals surface area contributed by atoms with Crippen molar-refractivity contribution in [3.63, 3.8) is 0 Å². The molecule has 0 spiro atoms. The van der Waals surface area contributed by atoms with Crippen molar-refractivity contribution < 1.29 is 0 Å². The van der Waals surface area contributed by atoms with Crippen molar-refractivity contribution in [1.82, 2.24) is 9.80 Å². The van der Waals surface area contributed by atoms with E-state index in [0.29, 0.717) is 12.1 Å². The highest BCUT2D eigenvalue weighted by Crippen LogP contribution is 2.28. The molecule has 0 radical (unpaired) electrons. The fourth-order valence-electron chi connectivity index (χ4n) is 2.07. The van der Waals surface area contributed by atoms with E-state index < -0.39 is 0 Å². The Morgan fingerprint density at radius 2 is 1.83 bits per heavy atom. The first-order valence-corrected chi connectivity index (χ1v) is 7.71. The minimum atomic E-state index is 0.433. The number of rotatable bonds is 3. The van der Waals surface area contributed by atoms with Crippen molar-refractivity contribution in [3.8, 4) is 0 Å². The van der Waals surface area contributed by atoms with E-state index >= 15 is 0 Å². The Morgan fingerprint density at radius 3 is 2.44 bits per heavy atom. The first-order chi connectivity index (χ1) is 8.59. The largest absolute Gasteiger partial charge is 0.342 e. The Hall–Kier alpha value is -0.580. The lowest BCUT2D eigenvalue weighted by atomic mass is 10.1. The van der Waals surface area contributed by atoms with Crippen LogP contribution in [-0.4, -0.2) is 32.7 Å². The van der Waals surface area contributed by atoms with Crippen molar-refractivity contribution >= 4 is 28.3 Å². The van der Waals surface area contributed by atoms with Crippen LogP contribution in [0.15, 0.2) is 30.3 Å². The number of hydrogen-bond donors (Lipinski definition) is 0. The molecule has 1 heterocycles. The number of nitrogens with zero attached hydrogens (tertiary/aromatic N) is 2. The molecule has 1 aromatic carbocycles. The third kappa shape index (κ3) is 3.05. The van der Waals surface area contributed by atoms with E-state index in [1.54, 1.807) is 11.8 Å². The van der Waals surface area contributed by atoms with Gasteiger partial charge >= 0.3 is 0 Å². The molecule has 1 aliphatic heterocycles. The van der Waals surface area contributed by atoms with Gasteiger partial charge in [0.1, 0.15) is 4.32 Å². The molecule has 0 aliphatic carbocycles. The zero-order valence-electron chi connectivity index (χ0n) is 11.2. The van der Waals surface area contributed by atoms with Crippen LogP contribution in [0.3, 0.4) is 0 Å². The topological polar surface area (TPSA) is 6.48 Å². The highest BCUT2D eigenvalue weighted by Gasteiger charge is 2.27. The van der Waals surface area contributed by atoms with E-state index in [1.165, 1.54) is 5.56 Å². The van der Waals surface area contributed by atoms with E-state index in [9.17, 15) is 0 Å². The number of benzene rings is 1. The molecule has 1 aromatic rings. The quantitative estimate of drug-likeness (QED) is 0.778. The molecule has 0 aromatic heterocycles. The second-order valence-corrected chi connectivity index (χ2v) is 6.50. The Balaban J connectivity index is 2.08. The molecule has 1 unspecified atom stereocenters. The van der Waals surface area contributed by atoms with Crippen LogP contribution < -0.4 is 0 Å². The van der Waals surface area contributed by atoms with Gasteiger partial charge in [-0.2, -0.15) is 0 Å². The van der Waals surface area contributed by atoms with Gasteiger partial charge in [0, 0.05) is 12.1 Å². The van der Waals surface area contributed by atoms with Crippen LogP contribution in [0.5, 0.6) is 0 Å². The number of thiocarbonyl (C=S) groups is 1. The zero-order chi connectivity index (χ0) is 13.1. The van der Waals surface area contributed by atoms with Gasteiger partial charge in [-0.1, -0.05) is 54.3 Å². The van der Waals surface area contributed by atoms with E-state index in [-0.39, 0.29) is 0 Å². The van der Waals surface area contributed by atoms with Crippen LogP contribution in [0, 0.1) is 0 Å². The molecule has 0 N–H and O–H groups in total. The fraction of sp³-hybridized carbons (Fsp3) is 0.500. The summed E-state index contributed by atoms with van der Waals surface area (Å²) < 4.78 is 1.03. The molecule has 18 heavy (non-hydrogen) atoms. The van der Waals surface area contributed by atoms with Crippen molar-refractivity contribution in [2.75, 3.05) is 12.5 Å². The smallest absolute Gasteiger partial charge is 0.138 e. The lowest BCUT2D eigenvalue weighted by Crippen LogP contribution is -2.48. The fourth-order valence-corrected chi connectivity index (χ4v) is 3.51. The monoisotopic (exact) mass is 280 g/mol. The number of thioether (sulfide) groups is 1. The predicted octanol–water partition coefficient (Wildman–Crippen LogP) is 3.71. The van der Waals surface area contributed by atoms with Gasteiger partial charge in [0.25, 0.3) is 0 Å². The first kappa shape index (κ1) is 13.8. The standard InChI is InChI=1S/C14H20N2S2/c1-11(2)16-9-15(10-18-14(16)17)12(3)13-7-5-4-6-8-13/h4-8,11-12H,9-10H2,1-3H3. The third-order valence-corrected chi connectivity index (χ3v) is 4.91. The van der Waals surface area contributed by atoms with E-state index in [1.807, 2.05) is 0 Å². The third-order valence-electron chi connectivity index (χ3n) is 3.38. The van der Waals surface area contributed by atoms with Crippen LogP contribution in [0.4, 0.5) is 0 Å². The summed E-state index contributed by atoms with van der Waals surface area (Å²) in [7, 11) is 0. The Kier molecular flexibility index (Phi) is 4.65. The molecule has 1 atom stereocenters. The SMILES string of the molecule is CC(c1ccccc1)N1CSC(=S)N(C(C)C)C1. The minimum absolute atomic E-state index is 0.433. The highest BCUT2D eigenvalue weighted by molar-refractivity contribution is 8.22. The van der Waals surface area contributed by atoms with Gasteiger partial charge in [0.05, 0.1) is 12.5 Å². The van der Waals surface area contributed by atoms with Gasteiger partial charge in [0.2, 0.25) is 0 Å². The van der Waals surface area contributed by atoms with Gasteiger partial charge in [0.15, 0.2) is 0 Å². The highest BCUT2D eigenvalue weighted by atomic mass is 32.2. The first-order valence-electron chi connectivity index (χ1n) is 6.32. The molecule has 2 nitrogen and oxygen atoms in total. The number of hydrogen-bond acceptors (Lipinski definition) is 3. The maximum Gasteiger partial charge on any atom is 0.138 e. The normalized spacial score (nSPS) is 19.3. The van der Waals surface area contributed by atoms with Gasteiger partial charge in [-0.3, -0.25) is 4.90 Å². The van der Waals surface area contributed by atoms with E-state index in [2.05, 4.69) is 60.9 Å². The molecule has 2 rings (SSSR count). The second kappa shape index (κ2) is 6.04. The summed E-state index contributed by atoms with van der Waals surface area (Å²) in [5.74, 6) is 0.984. The van der Waals surface area contributed by atoms with Crippen LogP contribution in [-0.2, 0) is 0 Å². The maximum absolute atomic E-state index is 5.42. The van der Waals surface area contributed by atoms with Crippen molar-refractivity contribution in [2.45, 2.75) is 32.9 Å². The lowest BCUT2D eigenvalue weighted by Gasteiger charge is -2.41. The lowest BCUT2D eigenvalue weighted by molar-refractivity contribution is 0.148. The molecular weight excluding hydrogens is 260 g/mol. The summed E-state index contributed by atoms with van der Waals surface area (Å²) in [6.07, 6.45) is 0. The molecule has 1 aliphatic rings. The van der Waals surface area contributed by atoms with Gasteiger partial charge in [-0.05, 0) is 26.3 Å². The summed E-state index contributed by atoms with van der Waals surface area (Å²) in [4.78, 5) is 4.76. The minimum Gasteiger partial charge on any atom is -0.342 e. The Labute approximate surface area is 119 Å². The summed E-state index contributed by atoms with van der Waals surface area (Å²) in [6.45, 7) is 7.59. The summed E-state index contributed by atoms with van der Waals surface area (Å²) in [6, 6.07) is 11.6. The van der Waals surface area contributed by atoms with E-state index in [4.69, 9.17) is 12.2 Å². The van der Waals surface area contributed by atoms with Gasteiger partial charge in [-0.25, -0.2) is 0 Å². The molecular formula is C14H20N2S2. The molecule has 98 valence electrons. The van der Waals surface area contributed by atoms with Crippen LogP contribution >= 0.6 is 24.0 Å². The van der Waals surface area contributed by atoms with Crippen LogP contribution in [0.2, 0.25) is 0 Å². The maximum atomic E-state index is 5.42. The summed E-state index contributed by atoms with van der Waals surface area (Å²) >= 11 is 7.19. The average molecular weight is 280 g/mol. The van der Waals surface area contributed by atoms with E-state index in [0.717, 1.165) is 16.9 Å². The molecule has 4 heteroatoms. The van der Waals surface area contributed by atoms with Crippen molar-refractivity contribution in [1.29, 1.82) is 0 Å². The second-order valence-electron chi connectivity index (χ2n) is 4.92. The summed E-state index contributed by atoms with van der Waals surface area (Å²) in [5.41, 5.74) is 1.37. The van der Waals surface area contributed by atoms with Gasteiger partial charge < -0.3 is 4.90 Å². The van der Waals surface area contributed by atoms with Gasteiger partial charge in [-0.15, -0.1) is 0 Å². The van der Waals surface area contributed by atoms with Crippen LogP contribution in [0.1, 0.15) is 32.4 Å². The molecule has 1 saturated heterocycles.